The summed E-state index contributed by atoms with van der Waals surface area (Å²) in [6, 6.07) is 0. The van der Waals surface area contributed by atoms with Crippen molar-refractivity contribution in [3.63, 3.8) is 0 Å². The molecule has 0 aromatic heterocycles. The average Bonchev–Trinajstić information content (AvgIpc) is 2.36. The molecule has 0 unspecified atom stereocenters. The van der Waals surface area contributed by atoms with Gasteiger partial charge in [0.2, 0.25) is 0 Å². The van der Waals surface area contributed by atoms with E-state index < -0.39 is 6.09 Å². The third-order valence-electron chi connectivity index (χ3n) is 1.55. The summed E-state index contributed by atoms with van der Waals surface area (Å²) in [5.74, 6) is 0. The van der Waals surface area contributed by atoms with Gasteiger partial charge in [0.15, 0.2) is 0 Å². The maximum Gasteiger partial charge on any atom is 0.448 e. The lowest BCUT2D eigenvalue weighted by molar-refractivity contribution is 0.0853. The Bertz CT molecular complexity index is 356. The standard InChI is InChI=1S/C7H6N4O2/c12-7(13)11-9-4-6-2-1-3-8-5-10(6)11/h1-5H,(H,12,13). The summed E-state index contributed by atoms with van der Waals surface area (Å²) in [5, 5.41) is 14.5. The molecule has 0 fully saturated rings. The Kier molecular flexibility index (Phi) is 1.59. The molecular formula is C7H6N4O2. The molecule has 2 rings (SSSR count). The normalized spacial score (nSPS) is 18.6. The van der Waals surface area contributed by atoms with Crippen molar-refractivity contribution in [3.8, 4) is 0 Å². The summed E-state index contributed by atoms with van der Waals surface area (Å²) in [6.45, 7) is 0. The first-order chi connectivity index (χ1) is 6.29. The second-order valence-electron chi connectivity index (χ2n) is 2.36. The number of rotatable bonds is 0. The highest BCUT2D eigenvalue weighted by molar-refractivity contribution is 5.88. The monoisotopic (exact) mass is 178 g/mol. The van der Waals surface area contributed by atoms with Crippen LogP contribution in [0.1, 0.15) is 0 Å². The van der Waals surface area contributed by atoms with Gasteiger partial charge < -0.3 is 5.11 Å². The lowest BCUT2D eigenvalue weighted by Gasteiger charge is -2.19. The number of amides is 1. The van der Waals surface area contributed by atoms with E-state index in [0.29, 0.717) is 5.70 Å². The first-order valence-electron chi connectivity index (χ1n) is 3.55. The van der Waals surface area contributed by atoms with Gasteiger partial charge in [0.05, 0.1) is 11.9 Å². The van der Waals surface area contributed by atoms with Crippen LogP contribution in [-0.4, -0.2) is 33.9 Å². The summed E-state index contributed by atoms with van der Waals surface area (Å²) >= 11 is 0. The van der Waals surface area contributed by atoms with Gasteiger partial charge in [-0.2, -0.15) is 5.10 Å². The Morgan fingerprint density at radius 3 is 3.15 bits per heavy atom. The minimum Gasteiger partial charge on any atom is -0.462 e. The molecule has 2 aliphatic heterocycles. The number of hydrazone groups is 1. The molecule has 0 bridgehead atoms. The molecule has 0 saturated carbocycles. The molecule has 0 atom stereocenters. The number of hydrogen-bond acceptors (Lipinski definition) is 4. The molecule has 1 amide bonds. The molecule has 1 N–H and O–H groups in total. The fourth-order valence-electron chi connectivity index (χ4n) is 1.01. The van der Waals surface area contributed by atoms with E-state index in [4.69, 9.17) is 5.11 Å². The Balaban J connectivity index is 2.33. The third-order valence-corrected chi connectivity index (χ3v) is 1.55. The van der Waals surface area contributed by atoms with Gasteiger partial charge in [-0.05, 0) is 12.2 Å². The quantitative estimate of drug-likeness (QED) is 0.591. The van der Waals surface area contributed by atoms with Gasteiger partial charge in [0, 0.05) is 6.20 Å². The predicted molar refractivity (Wildman–Crippen MR) is 45.9 cm³/mol. The van der Waals surface area contributed by atoms with Crippen molar-refractivity contribution >= 4 is 18.6 Å². The Morgan fingerprint density at radius 1 is 1.54 bits per heavy atom. The van der Waals surface area contributed by atoms with Crippen LogP contribution in [0.2, 0.25) is 0 Å². The van der Waals surface area contributed by atoms with Crippen molar-refractivity contribution in [1.82, 2.24) is 10.1 Å². The molecule has 2 aliphatic rings. The van der Waals surface area contributed by atoms with Gasteiger partial charge in [-0.3, -0.25) is 0 Å². The molecular weight excluding hydrogens is 172 g/mol. The molecule has 13 heavy (non-hydrogen) atoms. The van der Waals surface area contributed by atoms with E-state index in [0.717, 1.165) is 5.12 Å². The van der Waals surface area contributed by atoms with Crippen molar-refractivity contribution < 1.29 is 9.90 Å². The van der Waals surface area contributed by atoms with Crippen LogP contribution in [0.4, 0.5) is 4.79 Å². The third kappa shape index (κ3) is 1.18. The van der Waals surface area contributed by atoms with Crippen LogP contribution in [0.25, 0.3) is 0 Å². The number of fused-ring (bicyclic) bond motifs is 1. The second kappa shape index (κ2) is 2.74. The Hall–Kier alpha value is -2.11. The van der Waals surface area contributed by atoms with E-state index in [1.165, 1.54) is 17.6 Å². The maximum absolute atomic E-state index is 10.6. The van der Waals surface area contributed by atoms with Crippen molar-refractivity contribution in [2.45, 2.75) is 0 Å². The molecule has 0 aromatic rings. The maximum atomic E-state index is 10.6. The summed E-state index contributed by atoms with van der Waals surface area (Å²) in [6.07, 6.45) is 6.70. The van der Waals surface area contributed by atoms with Crippen LogP contribution in [0.5, 0.6) is 0 Å². The lowest BCUT2D eigenvalue weighted by atomic mass is 10.4. The van der Waals surface area contributed by atoms with Crippen molar-refractivity contribution in [3.05, 3.63) is 24.0 Å². The minimum absolute atomic E-state index is 0.667. The Labute approximate surface area is 73.7 Å². The lowest BCUT2D eigenvalue weighted by Crippen LogP contribution is -2.36. The SMILES string of the molecule is O=C(O)N1N=CC2=CC=CN=CN21. The molecule has 6 nitrogen and oxygen atoms in total. The van der Waals surface area contributed by atoms with Gasteiger partial charge in [-0.15, -0.1) is 0 Å². The van der Waals surface area contributed by atoms with Crippen LogP contribution >= 0.6 is 0 Å². The van der Waals surface area contributed by atoms with Crippen LogP contribution in [0.3, 0.4) is 0 Å². The number of hydrogen-bond donors (Lipinski definition) is 1. The Morgan fingerprint density at radius 2 is 2.38 bits per heavy atom. The molecule has 0 radical (unpaired) electrons. The number of allylic oxidation sites excluding steroid dienone is 3. The molecule has 6 heteroatoms. The highest BCUT2D eigenvalue weighted by Gasteiger charge is 2.25. The molecule has 0 aliphatic carbocycles. The van der Waals surface area contributed by atoms with E-state index in [2.05, 4.69) is 10.1 Å². The highest BCUT2D eigenvalue weighted by Crippen LogP contribution is 2.14. The average molecular weight is 178 g/mol. The van der Waals surface area contributed by atoms with Gasteiger partial charge >= 0.3 is 6.09 Å². The zero-order chi connectivity index (χ0) is 9.26. The van der Waals surface area contributed by atoms with Gasteiger partial charge in [0.25, 0.3) is 0 Å². The van der Waals surface area contributed by atoms with Crippen LogP contribution in [0.15, 0.2) is 34.1 Å². The van der Waals surface area contributed by atoms with Gasteiger partial charge in [-0.1, -0.05) is 5.12 Å². The molecule has 66 valence electrons. The van der Waals surface area contributed by atoms with Crippen LogP contribution in [0, 0.1) is 0 Å². The number of carboxylic acid groups (broad SMARTS) is 1. The predicted octanol–water partition coefficient (Wildman–Crippen LogP) is 0.622. The summed E-state index contributed by atoms with van der Waals surface area (Å²) in [7, 11) is 0. The molecule has 0 spiro atoms. The van der Waals surface area contributed by atoms with Crippen molar-refractivity contribution in [2.75, 3.05) is 0 Å². The van der Waals surface area contributed by atoms with Gasteiger partial charge in [-0.25, -0.2) is 14.8 Å². The van der Waals surface area contributed by atoms with Gasteiger partial charge in [0.1, 0.15) is 6.34 Å². The topological polar surface area (TPSA) is 68.5 Å². The van der Waals surface area contributed by atoms with Crippen molar-refractivity contribution in [1.29, 1.82) is 0 Å². The van der Waals surface area contributed by atoms with Crippen LogP contribution in [-0.2, 0) is 0 Å². The summed E-state index contributed by atoms with van der Waals surface area (Å²) < 4.78 is 0. The largest absolute Gasteiger partial charge is 0.462 e. The number of hydrazine groups is 1. The zero-order valence-electron chi connectivity index (χ0n) is 6.53. The molecule has 2 heterocycles. The number of nitrogens with zero attached hydrogens (tertiary/aromatic N) is 4. The number of aliphatic imine (C=N–C) groups is 1. The summed E-state index contributed by atoms with van der Waals surface area (Å²) in [4.78, 5) is 14.5. The highest BCUT2D eigenvalue weighted by atomic mass is 16.4. The summed E-state index contributed by atoms with van der Waals surface area (Å²) in [5.41, 5.74) is 0.667. The van der Waals surface area contributed by atoms with E-state index in [-0.39, 0.29) is 0 Å². The first kappa shape index (κ1) is 7.53. The smallest absolute Gasteiger partial charge is 0.448 e. The van der Waals surface area contributed by atoms with E-state index in [9.17, 15) is 4.79 Å². The fourth-order valence-corrected chi connectivity index (χ4v) is 1.01. The zero-order valence-corrected chi connectivity index (χ0v) is 6.53. The first-order valence-corrected chi connectivity index (χ1v) is 3.55. The molecule has 0 aromatic carbocycles. The van der Waals surface area contributed by atoms with E-state index in [1.54, 1.807) is 18.4 Å². The van der Waals surface area contributed by atoms with E-state index >= 15 is 0 Å². The van der Waals surface area contributed by atoms with Crippen LogP contribution < -0.4 is 0 Å². The van der Waals surface area contributed by atoms with Crippen molar-refractivity contribution in [2.24, 2.45) is 10.1 Å². The molecule has 0 saturated heterocycles. The van der Waals surface area contributed by atoms with E-state index in [1.807, 2.05) is 0 Å². The second-order valence-corrected chi connectivity index (χ2v) is 2.36. The minimum atomic E-state index is -1.15. The number of carbonyl (C=O) groups is 1. The fraction of sp³-hybridized carbons (Fsp3) is 0.